The second-order valence-electron chi connectivity index (χ2n) is 4.18. The van der Waals surface area contributed by atoms with Crippen LogP contribution in [0.4, 0.5) is 0 Å². The average Bonchev–Trinajstić information content (AvgIpc) is 2.84. The number of nitrogens with one attached hydrogen (secondary N) is 1. The third-order valence-electron chi connectivity index (χ3n) is 3.09. The van der Waals surface area contributed by atoms with E-state index in [0.717, 1.165) is 25.1 Å². The summed E-state index contributed by atoms with van der Waals surface area (Å²) in [7, 11) is 1.97. The lowest BCUT2D eigenvalue weighted by molar-refractivity contribution is 0.0997. The van der Waals surface area contributed by atoms with Gasteiger partial charge in [0.15, 0.2) is 0 Å². The van der Waals surface area contributed by atoms with E-state index in [1.54, 1.807) is 12.4 Å². The maximum absolute atomic E-state index is 5.62. The molecule has 4 heteroatoms. The lowest BCUT2D eigenvalue weighted by Crippen LogP contribution is -2.19. The molecule has 88 valence electrons. The van der Waals surface area contributed by atoms with E-state index in [1.807, 2.05) is 13.2 Å². The summed E-state index contributed by atoms with van der Waals surface area (Å²) in [5, 5.41) is 3.28. The highest BCUT2D eigenvalue weighted by Gasteiger charge is 2.18. The highest BCUT2D eigenvalue weighted by atomic mass is 16.5. The molecular formula is C12H19N3O. The minimum absolute atomic E-state index is 0.290. The van der Waals surface area contributed by atoms with Crippen LogP contribution < -0.4 is 5.32 Å². The molecule has 2 unspecified atom stereocenters. The fraction of sp³-hybridized carbons (Fsp3) is 0.667. The van der Waals surface area contributed by atoms with Gasteiger partial charge in [0.1, 0.15) is 0 Å². The Balaban J connectivity index is 1.85. The Labute approximate surface area is 96.4 Å². The Morgan fingerprint density at radius 3 is 3.12 bits per heavy atom. The maximum atomic E-state index is 5.62. The molecule has 0 aromatic carbocycles. The smallest absolute Gasteiger partial charge is 0.0755 e. The van der Waals surface area contributed by atoms with E-state index in [2.05, 4.69) is 15.3 Å². The summed E-state index contributed by atoms with van der Waals surface area (Å²) in [4.78, 5) is 8.43. The number of rotatable bonds is 5. The molecule has 0 spiro atoms. The molecule has 1 saturated heterocycles. The first-order valence-corrected chi connectivity index (χ1v) is 5.95. The van der Waals surface area contributed by atoms with Gasteiger partial charge >= 0.3 is 0 Å². The van der Waals surface area contributed by atoms with Crippen molar-refractivity contribution < 1.29 is 4.74 Å². The molecule has 1 aliphatic heterocycles. The molecule has 1 aromatic rings. The van der Waals surface area contributed by atoms with Crippen molar-refractivity contribution in [3.63, 3.8) is 0 Å². The summed E-state index contributed by atoms with van der Waals surface area (Å²) in [6.45, 7) is 0.931. The second kappa shape index (κ2) is 5.92. The van der Waals surface area contributed by atoms with Crippen LogP contribution in [0.15, 0.2) is 18.6 Å². The quantitative estimate of drug-likeness (QED) is 0.822. The highest BCUT2D eigenvalue weighted by Crippen LogP contribution is 2.22. The number of hydrogen-bond donors (Lipinski definition) is 1. The van der Waals surface area contributed by atoms with E-state index in [1.165, 1.54) is 12.8 Å². The lowest BCUT2D eigenvalue weighted by atomic mass is 10.0. The van der Waals surface area contributed by atoms with Gasteiger partial charge in [-0.15, -0.1) is 0 Å². The lowest BCUT2D eigenvalue weighted by Gasteiger charge is -2.17. The van der Waals surface area contributed by atoms with Gasteiger partial charge in [-0.3, -0.25) is 9.97 Å². The van der Waals surface area contributed by atoms with Crippen molar-refractivity contribution in [2.75, 3.05) is 13.7 Å². The molecule has 4 nitrogen and oxygen atoms in total. The Kier molecular flexibility index (Phi) is 4.25. The first kappa shape index (κ1) is 11.5. The molecule has 1 N–H and O–H groups in total. The van der Waals surface area contributed by atoms with Crippen molar-refractivity contribution in [3.8, 4) is 0 Å². The van der Waals surface area contributed by atoms with Crippen molar-refractivity contribution in [2.24, 2.45) is 0 Å². The SMILES string of the molecule is CNC(CCC1CCCO1)c1cnccn1. The van der Waals surface area contributed by atoms with Crippen molar-refractivity contribution in [2.45, 2.75) is 37.8 Å². The van der Waals surface area contributed by atoms with E-state index >= 15 is 0 Å². The molecule has 0 radical (unpaired) electrons. The highest BCUT2D eigenvalue weighted by molar-refractivity contribution is 5.01. The van der Waals surface area contributed by atoms with Gasteiger partial charge in [-0.2, -0.15) is 0 Å². The van der Waals surface area contributed by atoms with Gasteiger partial charge in [0, 0.05) is 25.2 Å². The maximum Gasteiger partial charge on any atom is 0.0755 e. The van der Waals surface area contributed by atoms with Gasteiger partial charge in [-0.1, -0.05) is 0 Å². The number of aromatic nitrogens is 2. The van der Waals surface area contributed by atoms with E-state index in [0.29, 0.717) is 6.10 Å². The van der Waals surface area contributed by atoms with Gasteiger partial charge in [-0.25, -0.2) is 0 Å². The third kappa shape index (κ3) is 3.00. The number of nitrogens with zero attached hydrogens (tertiary/aromatic N) is 2. The largest absolute Gasteiger partial charge is 0.378 e. The molecule has 2 heterocycles. The Hall–Kier alpha value is -1.00. The zero-order chi connectivity index (χ0) is 11.2. The van der Waals surface area contributed by atoms with Crippen LogP contribution >= 0.6 is 0 Å². The molecule has 1 aromatic heterocycles. The Morgan fingerprint density at radius 1 is 1.56 bits per heavy atom. The van der Waals surface area contributed by atoms with Crippen molar-refractivity contribution >= 4 is 0 Å². The predicted molar refractivity (Wildman–Crippen MR) is 62.0 cm³/mol. The summed E-state index contributed by atoms with van der Waals surface area (Å²) >= 11 is 0. The van der Waals surface area contributed by atoms with Gasteiger partial charge in [0.2, 0.25) is 0 Å². The minimum Gasteiger partial charge on any atom is -0.378 e. The van der Waals surface area contributed by atoms with E-state index in [-0.39, 0.29) is 6.04 Å². The van der Waals surface area contributed by atoms with Crippen molar-refractivity contribution in [1.82, 2.24) is 15.3 Å². The summed E-state index contributed by atoms with van der Waals surface area (Å²) in [5.41, 5.74) is 1.02. The molecule has 1 fully saturated rings. The second-order valence-corrected chi connectivity index (χ2v) is 4.18. The average molecular weight is 221 g/mol. The zero-order valence-corrected chi connectivity index (χ0v) is 9.72. The molecule has 0 aliphatic carbocycles. The topological polar surface area (TPSA) is 47.0 Å². The minimum atomic E-state index is 0.290. The number of hydrogen-bond acceptors (Lipinski definition) is 4. The molecule has 1 aliphatic rings. The molecule has 16 heavy (non-hydrogen) atoms. The van der Waals surface area contributed by atoms with Gasteiger partial charge in [0.25, 0.3) is 0 Å². The summed E-state index contributed by atoms with van der Waals surface area (Å²) in [6.07, 6.45) is 10.3. The van der Waals surface area contributed by atoms with Crippen LogP contribution in [0, 0.1) is 0 Å². The van der Waals surface area contributed by atoms with Gasteiger partial charge in [-0.05, 0) is 32.7 Å². The normalized spacial score (nSPS) is 22.2. The molecule has 2 atom stereocenters. The molecule has 0 amide bonds. The van der Waals surface area contributed by atoms with Crippen molar-refractivity contribution in [3.05, 3.63) is 24.3 Å². The van der Waals surface area contributed by atoms with Crippen LogP contribution in [-0.4, -0.2) is 29.7 Å². The predicted octanol–water partition coefficient (Wildman–Crippen LogP) is 1.70. The number of ether oxygens (including phenoxy) is 1. The zero-order valence-electron chi connectivity index (χ0n) is 9.72. The molecular weight excluding hydrogens is 202 g/mol. The summed E-state index contributed by atoms with van der Waals surface area (Å²) in [5.74, 6) is 0. The first-order chi connectivity index (χ1) is 7.90. The van der Waals surface area contributed by atoms with Crippen LogP contribution in [-0.2, 0) is 4.74 Å². The van der Waals surface area contributed by atoms with Crippen LogP contribution in [0.2, 0.25) is 0 Å². The Morgan fingerprint density at radius 2 is 2.50 bits per heavy atom. The summed E-state index contributed by atoms with van der Waals surface area (Å²) in [6, 6.07) is 0.290. The van der Waals surface area contributed by atoms with Crippen LogP contribution in [0.3, 0.4) is 0 Å². The van der Waals surface area contributed by atoms with E-state index in [4.69, 9.17) is 4.74 Å². The van der Waals surface area contributed by atoms with E-state index < -0.39 is 0 Å². The third-order valence-corrected chi connectivity index (χ3v) is 3.09. The monoisotopic (exact) mass is 221 g/mol. The fourth-order valence-electron chi connectivity index (χ4n) is 2.16. The molecule has 2 rings (SSSR count). The van der Waals surface area contributed by atoms with Gasteiger partial charge in [0.05, 0.1) is 17.8 Å². The summed E-state index contributed by atoms with van der Waals surface area (Å²) < 4.78 is 5.62. The molecule has 0 bridgehead atoms. The molecule has 0 saturated carbocycles. The van der Waals surface area contributed by atoms with Gasteiger partial charge < -0.3 is 10.1 Å². The van der Waals surface area contributed by atoms with Crippen LogP contribution in [0.1, 0.15) is 37.4 Å². The van der Waals surface area contributed by atoms with E-state index in [9.17, 15) is 0 Å². The standard InChI is InChI=1S/C12H19N3O/c1-13-11(12-9-14-6-7-15-12)5-4-10-3-2-8-16-10/h6-7,9-11,13H,2-5,8H2,1H3. The van der Waals surface area contributed by atoms with Crippen LogP contribution in [0.25, 0.3) is 0 Å². The van der Waals surface area contributed by atoms with Crippen molar-refractivity contribution in [1.29, 1.82) is 0 Å². The van der Waals surface area contributed by atoms with Crippen LogP contribution in [0.5, 0.6) is 0 Å². The first-order valence-electron chi connectivity index (χ1n) is 5.95. The fourth-order valence-corrected chi connectivity index (χ4v) is 2.16. The Bertz CT molecular complexity index is 298.